The second kappa shape index (κ2) is 6.16. The van der Waals surface area contributed by atoms with Gasteiger partial charge in [-0.25, -0.2) is 4.39 Å². The first-order valence-electron chi connectivity index (χ1n) is 6.56. The summed E-state index contributed by atoms with van der Waals surface area (Å²) in [4.78, 5) is 2.23. The minimum atomic E-state index is -0.223. The molecule has 0 aliphatic carbocycles. The van der Waals surface area contributed by atoms with Crippen LogP contribution in [-0.2, 0) is 6.54 Å². The normalized spacial score (nSPS) is 21.1. The van der Waals surface area contributed by atoms with Gasteiger partial charge in [-0.05, 0) is 43.9 Å². The molecule has 1 aromatic rings. The van der Waals surface area contributed by atoms with Crippen molar-refractivity contribution in [2.45, 2.75) is 25.8 Å². The Morgan fingerprint density at radius 2 is 2.28 bits per heavy atom. The van der Waals surface area contributed by atoms with Crippen molar-refractivity contribution in [2.75, 3.05) is 25.4 Å². The summed E-state index contributed by atoms with van der Waals surface area (Å²) in [6.45, 7) is 2.71. The largest absolute Gasteiger partial charge is 0.398 e. The van der Waals surface area contributed by atoms with Crippen LogP contribution >= 0.6 is 0 Å². The van der Waals surface area contributed by atoms with Crippen LogP contribution in [0.15, 0.2) is 18.2 Å². The van der Waals surface area contributed by atoms with Crippen LogP contribution in [0, 0.1) is 11.7 Å². The van der Waals surface area contributed by atoms with Crippen molar-refractivity contribution in [3.63, 3.8) is 0 Å². The summed E-state index contributed by atoms with van der Waals surface area (Å²) in [7, 11) is 0. The molecule has 0 saturated carbocycles. The molecule has 3 nitrogen and oxygen atoms in total. The molecule has 0 bridgehead atoms. The van der Waals surface area contributed by atoms with E-state index in [4.69, 9.17) is 10.8 Å². The number of halogens is 1. The molecule has 0 aromatic heterocycles. The molecule has 0 amide bonds. The van der Waals surface area contributed by atoms with Crippen LogP contribution in [0.5, 0.6) is 0 Å². The van der Waals surface area contributed by atoms with Crippen molar-refractivity contribution < 1.29 is 9.50 Å². The van der Waals surface area contributed by atoms with E-state index in [1.165, 1.54) is 6.07 Å². The molecule has 1 fully saturated rings. The van der Waals surface area contributed by atoms with E-state index in [0.29, 0.717) is 23.7 Å². The Bertz CT molecular complexity index is 375. The van der Waals surface area contributed by atoms with E-state index in [1.54, 1.807) is 12.1 Å². The van der Waals surface area contributed by atoms with Gasteiger partial charge in [0.2, 0.25) is 0 Å². The molecule has 100 valence electrons. The number of hydrogen-bond acceptors (Lipinski definition) is 3. The SMILES string of the molecule is Nc1cccc(F)c1CN1CCCC(CCO)C1. The smallest absolute Gasteiger partial charge is 0.129 e. The minimum Gasteiger partial charge on any atom is -0.398 e. The Kier molecular flexibility index (Phi) is 4.55. The van der Waals surface area contributed by atoms with Gasteiger partial charge in [0.15, 0.2) is 0 Å². The molecular weight excluding hydrogens is 231 g/mol. The highest BCUT2D eigenvalue weighted by atomic mass is 19.1. The minimum absolute atomic E-state index is 0.223. The van der Waals surface area contributed by atoms with Gasteiger partial charge in [-0.1, -0.05) is 6.07 Å². The number of rotatable bonds is 4. The van der Waals surface area contributed by atoms with Gasteiger partial charge in [-0.2, -0.15) is 0 Å². The fraction of sp³-hybridized carbons (Fsp3) is 0.571. The predicted octanol–water partition coefficient (Wildman–Crippen LogP) is 2.00. The van der Waals surface area contributed by atoms with Gasteiger partial charge in [0.25, 0.3) is 0 Å². The topological polar surface area (TPSA) is 49.5 Å². The van der Waals surface area contributed by atoms with Gasteiger partial charge in [-0.15, -0.1) is 0 Å². The van der Waals surface area contributed by atoms with Gasteiger partial charge < -0.3 is 10.8 Å². The van der Waals surface area contributed by atoms with Crippen molar-refractivity contribution >= 4 is 5.69 Å². The average Bonchev–Trinajstić information content (AvgIpc) is 2.35. The first kappa shape index (κ1) is 13.3. The second-order valence-electron chi connectivity index (χ2n) is 5.06. The summed E-state index contributed by atoms with van der Waals surface area (Å²) in [6.07, 6.45) is 3.10. The Morgan fingerprint density at radius 3 is 3.00 bits per heavy atom. The molecule has 3 N–H and O–H groups in total. The van der Waals surface area contributed by atoms with E-state index in [-0.39, 0.29) is 12.4 Å². The molecule has 1 aromatic carbocycles. The molecule has 4 heteroatoms. The maximum atomic E-state index is 13.7. The molecule has 1 aliphatic rings. The number of hydrogen-bond donors (Lipinski definition) is 2. The Morgan fingerprint density at radius 1 is 1.44 bits per heavy atom. The molecule has 1 aliphatic heterocycles. The standard InChI is InChI=1S/C14H21FN2O/c15-13-4-1-5-14(16)12(13)10-17-7-2-3-11(9-17)6-8-18/h1,4-5,11,18H,2-3,6-10,16H2. The van der Waals surface area contributed by atoms with E-state index < -0.39 is 0 Å². The quantitative estimate of drug-likeness (QED) is 0.806. The number of nitrogen functional groups attached to an aromatic ring is 1. The first-order valence-corrected chi connectivity index (χ1v) is 6.56. The van der Waals surface area contributed by atoms with Crippen LogP contribution < -0.4 is 5.73 Å². The van der Waals surface area contributed by atoms with Crippen molar-refractivity contribution in [1.29, 1.82) is 0 Å². The van der Waals surface area contributed by atoms with Crippen LogP contribution in [0.25, 0.3) is 0 Å². The van der Waals surface area contributed by atoms with Crippen LogP contribution in [0.1, 0.15) is 24.8 Å². The monoisotopic (exact) mass is 252 g/mol. The highest BCUT2D eigenvalue weighted by Crippen LogP contribution is 2.23. The molecule has 0 spiro atoms. The molecule has 1 saturated heterocycles. The maximum absolute atomic E-state index is 13.7. The van der Waals surface area contributed by atoms with E-state index >= 15 is 0 Å². The summed E-state index contributed by atoms with van der Waals surface area (Å²) in [5, 5.41) is 8.98. The lowest BCUT2D eigenvalue weighted by molar-refractivity contribution is 0.141. The number of nitrogens with two attached hydrogens (primary N) is 1. The van der Waals surface area contributed by atoms with E-state index in [0.717, 1.165) is 32.4 Å². The number of aliphatic hydroxyl groups excluding tert-OH is 1. The van der Waals surface area contributed by atoms with Crippen molar-refractivity contribution in [2.24, 2.45) is 5.92 Å². The number of anilines is 1. The lowest BCUT2D eigenvalue weighted by Crippen LogP contribution is -2.35. The summed E-state index contributed by atoms with van der Waals surface area (Å²) >= 11 is 0. The Labute approximate surface area is 107 Å². The molecule has 1 atom stereocenters. The highest BCUT2D eigenvalue weighted by Gasteiger charge is 2.21. The summed E-state index contributed by atoms with van der Waals surface area (Å²) in [5.74, 6) is 0.302. The molecule has 1 heterocycles. The first-order chi connectivity index (χ1) is 8.70. The summed E-state index contributed by atoms with van der Waals surface area (Å²) < 4.78 is 13.7. The molecule has 18 heavy (non-hydrogen) atoms. The third-order valence-corrected chi connectivity index (χ3v) is 3.68. The fourth-order valence-corrected chi connectivity index (χ4v) is 2.68. The Balaban J connectivity index is 2.00. The van der Waals surface area contributed by atoms with Gasteiger partial charge in [-0.3, -0.25) is 4.90 Å². The van der Waals surface area contributed by atoms with Gasteiger partial charge in [0.1, 0.15) is 5.82 Å². The van der Waals surface area contributed by atoms with Crippen molar-refractivity contribution in [3.8, 4) is 0 Å². The second-order valence-corrected chi connectivity index (χ2v) is 5.06. The van der Waals surface area contributed by atoms with E-state index in [9.17, 15) is 4.39 Å². The Hall–Kier alpha value is -1.13. The maximum Gasteiger partial charge on any atom is 0.129 e. The molecule has 1 unspecified atom stereocenters. The summed E-state index contributed by atoms with van der Waals surface area (Å²) in [6, 6.07) is 4.84. The number of nitrogens with zero attached hydrogens (tertiary/aromatic N) is 1. The zero-order chi connectivity index (χ0) is 13.0. The fourth-order valence-electron chi connectivity index (χ4n) is 2.68. The lowest BCUT2D eigenvalue weighted by Gasteiger charge is -2.32. The molecule has 0 radical (unpaired) electrons. The number of benzene rings is 1. The third kappa shape index (κ3) is 3.21. The van der Waals surface area contributed by atoms with Crippen LogP contribution in [0.4, 0.5) is 10.1 Å². The van der Waals surface area contributed by atoms with Gasteiger partial charge in [0, 0.05) is 30.9 Å². The average molecular weight is 252 g/mol. The van der Waals surface area contributed by atoms with Crippen LogP contribution in [0.3, 0.4) is 0 Å². The van der Waals surface area contributed by atoms with Gasteiger partial charge in [0.05, 0.1) is 0 Å². The zero-order valence-electron chi connectivity index (χ0n) is 10.6. The van der Waals surface area contributed by atoms with E-state index in [1.807, 2.05) is 0 Å². The molecule has 2 rings (SSSR count). The van der Waals surface area contributed by atoms with Gasteiger partial charge >= 0.3 is 0 Å². The number of likely N-dealkylation sites (tertiary alicyclic amines) is 1. The number of piperidine rings is 1. The van der Waals surface area contributed by atoms with Crippen LogP contribution in [-0.4, -0.2) is 29.7 Å². The number of aliphatic hydroxyl groups is 1. The molecular formula is C14H21FN2O. The van der Waals surface area contributed by atoms with E-state index in [2.05, 4.69) is 4.90 Å². The van der Waals surface area contributed by atoms with Crippen molar-refractivity contribution in [1.82, 2.24) is 4.90 Å². The van der Waals surface area contributed by atoms with Crippen LogP contribution in [0.2, 0.25) is 0 Å². The summed E-state index contributed by atoms with van der Waals surface area (Å²) in [5.41, 5.74) is 6.95. The zero-order valence-corrected chi connectivity index (χ0v) is 10.6. The lowest BCUT2D eigenvalue weighted by atomic mass is 9.94. The van der Waals surface area contributed by atoms with Crippen molar-refractivity contribution in [3.05, 3.63) is 29.6 Å². The highest BCUT2D eigenvalue weighted by molar-refractivity contribution is 5.47. The predicted molar refractivity (Wildman–Crippen MR) is 70.5 cm³/mol. The third-order valence-electron chi connectivity index (χ3n) is 3.68.